The van der Waals surface area contributed by atoms with Crippen LogP contribution < -0.4 is 0 Å². The normalized spacial score (nSPS) is 23.3. The summed E-state index contributed by atoms with van der Waals surface area (Å²) in [6, 6.07) is 0. The Hall–Kier alpha value is -1.85. The van der Waals surface area contributed by atoms with Crippen LogP contribution in [0.3, 0.4) is 0 Å². The number of ether oxygens (including phenoxy) is 4. The summed E-state index contributed by atoms with van der Waals surface area (Å²) in [6.07, 6.45) is 13.0. The van der Waals surface area contributed by atoms with Gasteiger partial charge in [0.15, 0.2) is 6.10 Å². The maximum atomic E-state index is 12.9. The number of ketones is 1. The number of hydrogen-bond acceptors (Lipinski definition) is 10. The minimum Gasteiger partial charge on any atom is -0.457 e. The van der Waals surface area contributed by atoms with E-state index in [2.05, 4.69) is 20.4 Å². The molecule has 1 saturated heterocycles. The molecule has 0 bridgehead atoms. The van der Waals surface area contributed by atoms with E-state index in [0.29, 0.717) is 12.8 Å². The minimum atomic E-state index is -2.88. The summed E-state index contributed by atoms with van der Waals surface area (Å²) in [5.41, 5.74) is 0. The molecule has 5 atom stereocenters. The molecule has 1 heterocycles. The molecule has 0 radical (unpaired) electrons. The number of unbranched alkanes of at least 4 members (excludes halogenated alkanes) is 15. The standard InChI is InChI=1S/C34H60O10/c1-4-7-9-11-13-15-16-18-20-22-27(36)25-29(37)43-32-31(41-24-21-19-17-14-12-10-8-5-2)30(38)28(26-35)44-34(32,40)33(39)42-23-6-3/h6,28,30-32,35,38,40H,3-5,7-26H2,1-2H3/t28-,30-,31+,32-,34?/m1/s1. The Morgan fingerprint density at radius 3 is 1.89 bits per heavy atom. The van der Waals surface area contributed by atoms with Crippen LogP contribution in [0.4, 0.5) is 0 Å². The third-order valence-corrected chi connectivity index (χ3v) is 8.00. The molecule has 3 N–H and O–H groups in total. The SMILES string of the molecule is C=CCOC(=O)C1(O)O[C@H](CO)[C@@H](O)[C@H](OCCCCCCCCCC)[C@H]1OC(=O)CC(=O)CCCCCCCCCCC. The predicted molar refractivity (Wildman–Crippen MR) is 168 cm³/mol. The van der Waals surface area contributed by atoms with Crippen LogP contribution in [-0.4, -0.2) is 83.1 Å². The van der Waals surface area contributed by atoms with E-state index in [1.165, 1.54) is 63.9 Å². The maximum absolute atomic E-state index is 12.9. The summed E-state index contributed by atoms with van der Waals surface area (Å²) in [4.78, 5) is 38.3. The van der Waals surface area contributed by atoms with Crippen molar-refractivity contribution in [1.29, 1.82) is 0 Å². The highest BCUT2D eigenvalue weighted by molar-refractivity contribution is 5.95. The van der Waals surface area contributed by atoms with E-state index in [1.54, 1.807) is 0 Å². The van der Waals surface area contributed by atoms with Crippen molar-refractivity contribution >= 4 is 17.7 Å². The van der Waals surface area contributed by atoms with Crippen LogP contribution in [-0.2, 0) is 33.3 Å². The monoisotopic (exact) mass is 628 g/mol. The molecule has 256 valence electrons. The first-order valence-electron chi connectivity index (χ1n) is 17.0. The minimum absolute atomic E-state index is 0.151. The molecule has 0 amide bonds. The van der Waals surface area contributed by atoms with Crippen LogP contribution in [0.1, 0.15) is 136 Å². The first kappa shape index (κ1) is 40.2. The Labute approximate surface area is 264 Å². The summed E-state index contributed by atoms with van der Waals surface area (Å²) < 4.78 is 21.7. The van der Waals surface area contributed by atoms with Gasteiger partial charge in [0.05, 0.1) is 6.61 Å². The molecule has 0 spiro atoms. The fraction of sp³-hybridized carbons (Fsp3) is 0.853. The van der Waals surface area contributed by atoms with Gasteiger partial charge in [0.1, 0.15) is 37.1 Å². The molecule has 1 rings (SSSR count). The lowest BCUT2D eigenvalue weighted by Gasteiger charge is -2.46. The molecule has 1 aliphatic rings. The fourth-order valence-corrected chi connectivity index (χ4v) is 5.38. The van der Waals surface area contributed by atoms with Crippen molar-refractivity contribution in [2.24, 2.45) is 0 Å². The van der Waals surface area contributed by atoms with E-state index < -0.39 is 55.2 Å². The van der Waals surface area contributed by atoms with Gasteiger partial charge in [-0.25, -0.2) is 4.79 Å². The average molecular weight is 629 g/mol. The average Bonchev–Trinajstić information content (AvgIpc) is 3.00. The predicted octanol–water partition coefficient (Wildman–Crippen LogP) is 5.47. The van der Waals surface area contributed by atoms with E-state index in [4.69, 9.17) is 18.9 Å². The second kappa shape index (κ2) is 24.4. The molecule has 1 aliphatic heterocycles. The van der Waals surface area contributed by atoms with Gasteiger partial charge < -0.3 is 34.3 Å². The molecular weight excluding hydrogens is 568 g/mol. The van der Waals surface area contributed by atoms with Crippen molar-refractivity contribution in [3.05, 3.63) is 12.7 Å². The van der Waals surface area contributed by atoms with Gasteiger partial charge in [0.2, 0.25) is 0 Å². The smallest absolute Gasteiger partial charge is 0.371 e. The van der Waals surface area contributed by atoms with Crippen molar-refractivity contribution < 1.29 is 48.7 Å². The molecule has 0 saturated carbocycles. The Morgan fingerprint density at radius 2 is 1.36 bits per heavy atom. The fourth-order valence-electron chi connectivity index (χ4n) is 5.38. The highest BCUT2D eigenvalue weighted by Crippen LogP contribution is 2.34. The zero-order chi connectivity index (χ0) is 32.6. The van der Waals surface area contributed by atoms with Gasteiger partial charge in [-0.2, -0.15) is 0 Å². The quantitative estimate of drug-likeness (QED) is 0.0462. The highest BCUT2D eigenvalue weighted by Gasteiger charge is 2.61. The van der Waals surface area contributed by atoms with Crippen molar-refractivity contribution in [3.8, 4) is 0 Å². The number of Topliss-reactive ketones (excluding diaryl/α,β-unsaturated/α-hetero) is 1. The first-order valence-corrected chi connectivity index (χ1v) is 17.0. The zero-order valence-electron chi connectivity index (χ0n) is 27.3. The summed E-state index contributed by atoms with van der Waals surface area (Å²) in [5, 5.41) is 32.0. The lowest BCUT2D eigenvalue weighted by atomic mass is 9.91. The molecule has 10 heteroatoms. The van der Waals surface area contributed by atoms with Gasteiger partial charge >= 0.3 is 17.7 Å². The third-order valence-electron chi connectivity index (χ3n) is 8.00. The number of esters is 2. The molecule has 0 aromatic heterocycles. The van der Waals surface area contributed by atoms with Crippen molar-refractivity contribution in [2.45, 2.75) is 166 Å². The molecular formula is C34H60O10. The van der Waals surface area contributed by atoms with E-state index in [9.17, 15) is 29.7 Å². The van der Waals surface area contributed by atoms with Crippen molar-refractivity contribution in [2.75, 3.05) is 19.8 Å². The molecule has 10 nitrogen and oxygen atoms in total. The van der Waals surface area contributed by atoms with Gasteiger partial charge in [0.25, 0.3) is 0 Å². The zero-order valence-corrected chi connectivity index (χ0v) is 27.3. The van der Waals surface area contributed by atoms with E-state index in [0.717, 1.165) is 38.5 Å². The van der Waals surface area contributed by atoms with E-state index in [1.807, 2.05) is 0 Å². The van der Waals surface area contributed by atoms with Gasteiger partial charge in [-0.15, -0.1) is 0 Å². The number of aliphatic hydroxyl groups excluding tert-OH is 2. The summed E-state index contributed by atoms with van der Waals surface area (Å²) in [7, 11) is 0. The number of carbonyl (C=O) groups excluding carboxylic acids is 3. The summed E-state index contributed by atoms with van der Waals surface area (Å²) in [5.74, 6) is -5.47. The first-order chi connectivity index (χ1) is 21.2. The van der Waals surface area contributed by atoms with Crippen LogP contribution in [0.2, 0.25) is 0 Å². The van der Waals surface area contributed by atoms with Crippen LogP contribution >= 0.6 is 0 Å². The third kappa shape index (κ3) is 15.4. The Morgan fingerprint density at radius 1 is 0.841 bits per heavy atom. The van der Waals surface area contributed by atoms with Crippen molar-refractivity contribution in [3.63, 3.8) is 0 Å². The molecule has 0 aromatic carbocycles. The second-order valence-electron chi connectivity index (χ2n) is 11.9. The largest absolute Gasteiger partial charge is 0.457 e. The van der Waals surface area contributed by atoms with Gasteiger partial charge in [-0.05, 0) is 12.8 Å². The highest BCUT2D eigenvalue weighted by atomic mass is 16.7. The second-order valence-corrected chi connectivity index (χ2v) is 11.9. The van der Waals surface area contributed by atoms with Crippen LogP contribution in [0.15, 0.2) is 12.7 Å². The Bertz CT molecular complexity index is 803. The van der Waals surface area contributed by atoms with Crippen LogP contribution in [0, 0.1) is 0 Å². The molecule has 44 heavy (non-hydrogen) atoms. The van der Waals surface area contributed by atoms with Gasteiger partial charge in [0, 0.05) is 13.0 Å². The summed E-state index contributed by atoms with van der Waals surface area (Å²) >= 11 is 0. The van der Waals surface area contributed by atoms with Crippen LogP contribution in [0.5, 0.6) is 0 Å². The summed E-state index contributed by atoms with van der Waals surface area (Å²) in [6.45, 7) is 6.98. The van der Waals surface area contributed by atoms with Gasteiger partial charge in [-0.1, -0.05) is 123 Å². The number of aliphatic hydroxyl groups is 3. The van der Waals surface area contributed by atoms with Crippen molar-refractivity contribution in [1.82, 2.24) is 0 Å². The Balaban J connectivity index is 2.78. The van der Waals surface area contributed by atoms with E-state index >= 15 is 0 Å². The van der Waals surface area contributed by atoms with E-state index in [-0.39, 0.29) is 25.4 Å². The van der Waals surface area contributed by atoms with Crippen LogP contribution in [0.25, 0.3) is 0 Å². The topological polar surface area (TPSA) is 149 Å². The lowest BCUT2D eigenvalue weighted by molar-refractivity contribution is -0.345. The molecule has 0 aromatic rings. The number of carbonyl (C=O) groups is 3. The number of hydrogen-bond donors (Lipinski definition) is 3. The molecule has 0 aliphatic carbocycles. The lowest BCUT2D eigenvalue weighted by Crippen LogP contribution is -2.70. The molecule has 1 fully saturated rings. The number of rotatable bonds is 27. The van der Waals surface area contributed by atoms with Gasteiger partial charge in [-0.3, -0.25) is 9.59 Å². The molecule has 1 unspecified atom stereocenters. The Kier molecular flexibility index (Phi) is 22.3. The maximum Gasteiger partial charge on any atom is 0.371 e.